The van der Waals surface area contributed by atoms with Crippen LogP contribution in [-0.2, 0) is 6.54 Å². The number of para-hydroxylation sites is 1. The van der Waals surface area contributed by atoms with Gasteiger partial charge in [0.05, 0.1) is 0 Å². The van der Waals surface area contributed by atoms with Crippen molar-refractivity contribution in [3.8, 4) is 0 Å². The number of benzene rings is 2. The molecule has 0 amide bonds. The Morgan fingerprint density at radius 1 is 0.857 bits per heavy atom. The van der Waals surface area contributed by atoms with Gasteiger partial charge in [0.1, 0.15) is 0 Å². The first-order chi connectivity index (χ1) is 9.99. The number of anilines is 2. The second kappa shape index (κ2) is 6.77. The van der Waals surface area contributed by atoms with Crippen LogP contribution in [0, 0.1) is 0 Å². The Balaban J connectivity index is 2.10. The van der Waals surface area contributed by atoms with E-state index in [-0.39, 0.29) is 5.54 Å². The van der Waals surface area contributed by atoms with Crippen LogP contribution in [-0.4, -0.2) is 12.1 Å². The van der Waals surface area contributed by atoms with Gasteiger partial charge >= 0.3 is 0 Å². The maximum Gasteiger partial charge on any atom is 0.0410 e. The topological polar surface area (TPSA) is 15.3 Å². The monoisotopic (exact) mass is 282 g/mol. The molecule has 0 aliphatic carbocycles. The molecule has 1 N–H and O–H groups in total. The second-order valence-electron chi connectivity index (χ2n) is 6.35. The maximum absolute atomic E-state index is 3.52. The Labute approximate surface area is 128 Å². The van der Waals surface area contributed by atoms with E-state index in [4.69, 9.17) is 0 Å². The van der Waals surface area contributed by atoms with Crippen LogP contribution >= 0.6 is 0 Å². The third kappa shape index (κ3) is 4.61. The highest BCUT2D eigenvalue weighted by Crippen LogP contribution is 2.25. The summed E-state index contributed by atoms with van der Waals surface area (Å²) in [5, 5.41) is 3.52. The summed E-state index contributed by atoms with van der Waals surface area (Å²) in [6.45, 7) is 10.6. The quantitative estimate of drug-likeness (QED) is 0.852. The molecule has 0 spiro atoms. The minimum absolute atomic E-state index is 0.151. The van der Waals surface area contributed by atoms with E-state index in [9.17, 15) is 0 Å². The Hall–Kier alpha value is -1.80. The van der Waals surface area contributed by atoms with Crippen molar-refractivity contribution in [3.63, 3.8) is 0 Å². The molecule has 0 saturated carbocycles. The lowest BCUT2D eigenvalue weighted by atomic mass is 10.1. The highest BCUT2D eigenvalue weighted by Gasteiger charge is 2.09. The van der Waals surface area contributed by atoms with Crippen LogP contribution in [0.4, 0.5) is 11.4 Å². The molecule has 0 aliphatic rings. The lowest BCUT2D eigenvalue weighted by molar-refractivity contribution is 0.424. The average molecular weight is 282 g/mol. The lowest BCUT2D eigenvalue weighted by Gasteiger charge is -2.24. The van der Waals surface area contributed by atoms with Gasteiger partial charge in [0, 0.05) is 30.0 Å². The van der Waals surface area contributed by atoms with Crippen molar-refractivity contribution in [2.75, 3.05) is 11.4 Å². The minimum atomic E-state index is 0.151. The predicted molar refractivity (Wildman–Crippen MR) is 92.2 cm³/mol. The Morgan fingerprint density at radius 2 is 1.43 bits per heavy atom. The van der Waals surface area contributed by atoms with Gasteiger partial charge in [-0.05, 0) is 57.5 Å². The van der Waals surface area contributed by atoms with Gasteiger partial charge in [-0.3, -0.25) is 0 Å². The van der Waals surface area contributed by atoms with E-state index in [0.717, 1.165) is 13.1 Å². The van der Waals surface area contributed by atoms with Crippen molar-refractivity contribution in [3.05, 3.63) is 60.2 Å². The van der Waals surface area contributed by atoms with Crippen LogP contribution < -0.4 is 10.2 Å². The van der Waals surface area contributed by atoms with Gasteiger partial charge in [0.25, 0.3) is 0 Å². The molecule has 0 radical (unpaired) electrons. The van der Waals surface area contributed by atoms with E-state index in [0.29, 0.717) is 0 Å². The summed E-state index contributed by atoms with van der Waals surface area (Å²) in [6, 6.07) is 19.3. The number of hydrogen-bond donors (Lipinski definition) is 1. The average Bonchev–Trinajstić information content (AvgIpc) is 2.47. The molecular weight excluding hydrogens is 256 g/mol. The van der Waals surface area contributed by atoms with Gasteiger partial charge < -0.3 is 10.2 Å². The van der Waals surface area contributed by atoms with Crippen LogP contribution in [0.15, 0.2) is 54.6 Å². The molecule has 0 heterocycles. The molecule has 2 aromatic carbocycles. The molecule has 0 fully saturated rings. The number of nitrogens with one attached hydrogen (secondary N) is 1. The molecule has 112 valence electrons. The van der Waals surface area contributed by atoms with Crippen molar-refractivity contribution in [1.82, 2.24) is 5.32 Å². The van der Waals surface area contributed by atoms with Gasteiger partial charge in [0.2, 0.25) is 0 Å². The molecule has 0 aromatic heterocycles. The summed E-state index contributed by atoms with van der Waals surface area (Å²) in [7, 11) is 0. The van der Waals surface area contributed by atoms with Crippen LogP contribution in [0.5, 0.6) is 0 Å². The molecule has 2 rings (SSSR count). The smallest absolute Gasteiger partial charge is 0.0410 e. The van der Waals surface area contributed by atoms with E-state index < -0.39 is 0 Å². The number of nitrogens with zero attached hydrogens (tertiary/aromatic N) is 1. The molecule has 0 aliphatic heterocycles. The maximum atomic E-state index is 3.52. The molecule has 2 heteroatoms. The molecule has 0 bridgehead atoms. The van der Waals surface area contributed by atoms with Crippen molar-refractivity contribution < 1.29 is 0 Å². The minimum Gasteiger partial charge on any atom is -0.342 e. The largest absolute Gasteiger partial charge is 0.342 e. The summed E-state index contributed by atoms with van der Waals surface area (Å²) < 4.78 is 0. The van der Waals surface area contributed by atoms with E-state index in [1.807, 2.05) is 0 Å². The summed E-state index contributed by atoms with van der Waals surface area (Å²) in [5.41, 5.74) is 3.94. The van der Waals surface area contributed by atoms with E-state index in [1.165, 1.54) is 16.9 Å². The van der Waals surface area contributed by atoms with E-state index >= 15 is 0 Å². The number of rotatable bonds is 5. The fraction of sp³-hybridized carbons (Fsp3) is 0.368. The summed E-state index contributed by atoms with van der Waals surface area (Å²) >= 11 is 0. The Bertz CT molecular complexity index is 538. The third-order valence-corrected chi connectivity index (χ3v) is 3.45. The Kier molecular flexibility index (Phi) is 5.03. The van der Waals surface area contributed by atoms with Crippen molar-refractivity contribution in [2.45, 2.75) is 39.8 Å². The van der Waals surface area contributed by atoms with E-state index in [2.05, 4.69) is 92.5 Å². The van der Waals surface area contributed by atoms with Crippen LogP contribution in [0.2, 0.25) is 0 Å². The third-order valence-electron chi connectivity index (χ3n) is 3.45. The molecular formula is C19H26N2. The van der Waals surface area contributed by atoms with Gasteiger partial charge in [-0.25, -0.2) is 0 Å². The van der Waals surface area contributed by atoms with Crippen LogP contribution in [0.25, 0.3) is 0 Å². The summed E-state index contributed by atoms with van der Waals surface area (Å²) in [4.78, 5) is 2.32. The fourth-order valence-electron chi connectivity index (χ4n) is 2.28. The van der Waals surface area contributed by atoms with Crippen LogP contribution in [0.1, 0.15) is 33.3 Å². The zero-order chi connectivity index (χ0) is 15.3. The normalized spacial score (nSPS) is 11.4. The van der Waals surface area contributed by atoms with Gasteiger partial charge in [-0.1, -0.05) is 30.3 Å². The number of hydrogen-bond acceptors (Lipinski definition) is 2. The molecule has 2 aromatic rings. The first kappa shape index (κ1) is 15.6. The first-order valence-corrected chi connectivity index (χ1v) is 7.66. The SMILES string of the molecule is CCN(c1ccccc1)c1ccc(CNC(C)(C)C)cc1. The van der Waals surface area contributed by atoms with Gasteiger partial charge in [0.15, 0.2) is 0 Å². The summed E-state index contributed by atoms with van der Waals surface area (Å²) in [6.07, 6.45) is 0. The zero-order valence-corrected chi connectivity index (χ0v) is 13.6. The highest BCUT2D eigenvalue weighted by molar-refractivity contribution is 5.63. The molecule has 2 nitrogen and oxygen atoms in total. The van der Waals surface area contributed by atoms with Crippen molar-refractivity contribution in [2.24, 2.45) is 0 Å². The van der Waals surface area contributed by atoms with Crippen molar-refractivity contribution in [1.29, 1.82) is 0 Å². The molecule has 21 heavy (non-hydrogen) atoms. The van der Waals surface area contributed by atoms with Crippen molar-refractivity contribution >= 4 is 11.4 Å². The Morgan fingerprint density at radius 3 is 1.95 bits per heavy atom. The molecule has 0 atom stereocenters. The van der Waals surface area contributed by atoms with Crippen LogP contribution in [0.3, 0.4) is 0 Å². The van der Waals surface area contributed by atoms with E-state index in [1.54, 1.807) is 0 Å². The second-order valence-corrected chi connectivity index (χ2v) is 6.35. The fourth-order valence-corrected chi connectivity index (χ4v) is 2.28. The standard InChI is InChI=1S/C19H26N2/c1-5-21(17-9-7-6-8-10-17)18-13-11-16(12-14-18)15-20-19(2,3)4/h6-14,20H,5,15H2,1-4H3. The van der Waals surface area contributed by atoms with Gasteiger partial charge in [-0.15, -0.1) is 0 Å². The lowest BCUT2D eigenvalue weighted by Crippen LogP contribution is -2.35. The zero-order valence-electron chi connectivity index (χ0n) is 13.6. The van der Waals surface area contributed by atoms with Gasteiger partial charge in [-0.2, -0.15) is 0 Å². The summed E-state index contributed by atoms with van der Waals surface area (Å²) in [5.74, 6) is 0. The first-order valence-electron chi connectivity index (χ1n) is 7.66. The predicted octanol–water partition coefficient (Wildman–Crippen LogP) is 4.73. The molecule has 0 saturated heterocycles. The molecule has 0 unspecified atom stereocenters. The highest BCUT2D eigenvalue weighted by atomic mass is 15.1.